The highest BCUT2D eigenvalue weighted by molar-refractivity contribution is 7.90. The molecule has 4 heteroatoms. The van der Waals surface area contributed by atoms with E-state index in [1.807, 2.05) is 24.3 Å². The highest BCUT2D eigenvalue weighted by Crippen LogP contribution is 2.32. The zero-order valence-corrected chi connectivity index (χ0v) is 12.6. The van der Waals surface area contributed by atoms with Gasteiger partial charge in [0.1, 0.15) is 5.75 Å². The second-order valence-electron chi connectivity index (χ2n) is 5.47. The van der Waals surface area contributed by atoms with Crippen LogP contribution in [-0.2, 0) is 15.3 Å². The first-order chi connectivity index (χ1) is 9.21. The zero-order valence-electron chi connectivity index (χ0n) is 11.8. The van der Waals surface area contributed by atoms with E-state index in [-0.39, 0.29) is 11.2 Å². The molecule has 0 aliphatic carbocycles. The van der Waals surface area contributed by atoms with Gasteiger partial charge in [-0.05, 0) is 35.4 Å². The molecule has 3 nitrogen and oxygen atoms in total. The number of aromatic hydroxyl groups is 1. The number of phenols is 1. The Kier molecular flexibility index (Phi) is 3.61. The Labute approximate surface area is 119 Å². The van der Waals surface area contributed by atoms with Gasteiger partial charge in [-0.3, -0.25) is 0 Å². The van der Waals surface area contributed by atoms with Crippen LogP contribution in [0.1, 0.15) is 25.0 Å². The highest BCUT2D eigenvalue weighted by Gasteiger charge is 2.23. The second kappa shape index (κ2) is 4.94. The number of rotatable bonds is 3. The lowest BCUT2D eigenvalue weighted by atomic mass is 9.78. The maximum absolute atomic E-state index is 11.5. The van der Waals surface area contributed by atoms with Crippen molar-refractivity contribution < 1.29 is 13.5 Å². The summed E-state index contributed by atoms with van der Waals surface area (Å²) in [5, 5.41) is 9.35. The molecule has 2 rings (SSSR count). The van der Waals surface area contributed by atoms with E-state index in [2.05, 4.69) is 13.8 Å². The molecular weight excluding hydrogens is 272 g/mol. The standard InChI is InChI=1S/C16H18O3S/c1-16(2,12-4-8-14(17)9-5-12)13-6-10-15(11-7-13)20(3,18)19/h4-11,17H,1-3H3. The minimum atomic E-state index is -3.17. The molecule has 2 aromatic rings. The molecule has 0 unspecified atom stereocenters. The van der Waals surface area contributed by atoms with Crippen LogP contribution in [-0.4, -0.2) is 19.8 Å². The van der Waals surface area contributed by atoms with Gasteiger partial charge in [0.15, 0.2) is 9.84 Å². The van der Waals surface area contributed by atoms with Gasteiger partial charge in [-0.25, -0.2) is 8.42 Å². The van der Waals surface area contributed by atoms with Crippen LogP contribution in [0.3, 0.4) is 0 Å². The van der Waals surface area contributed by atoms with Crippen molar-refractivity contribution in [1.29, 1.82) is 0 Å². The Bertz CT molecular complexity index is 696. The predicted molar refractivity (Wildman–Crippen MR) is 79.8 cm³/mol. The highest BCUT2D eigenvalue weighted by atomic mass is 32.2. The SMILES string of the molecule is CC(C)(c1ccc(O)cc1)c1ccc(S(C)(=O)=O)cc1. The predicted octanol–water partition coefficient (Wildman–Crippen LogP) is 3.12. The molecule has 0 heterocycles. The minimum absolute atomic E-state index is 0.233. The summed E-state index contributed by atoms with van der Waals surface area (Å²) in [7, 11) is -3.17. The third kappa shape index (κ3) is 2.85. The molecule has 106 valence electrons. The van der Waals surface area contributed by atoms with Crippen molar-refractivity contribution in [2.24, 2.45) is 0 Å². The van der Waals surface area contributed by atoms with Crippen molar-refractivity contribution in [3.8, 4) is 5.75 Å². The summed E-state index contributed by atoms with van der Waals surface area (Å²) >= 11 is 0. The van der Waals surface area contributed by atoms with Crippen molar-refractivity contribution in [1.82, 2.24) is 0 Å². The smallest absolute Gasteiger partial charge is 0.175 e. The van der Waals surface area contributed by atoms with Gasteiger partial charge in [0.2, 0.25) is 0 Å². The van der Waals surface area contributed by atoms with Crippen LogP contribution >= 0.6 is 0 Å². The Morgan fingerprint density at radius 1 is 0.850 bits per heavy atom. The number of benzene rings is 2. The van der Waals surface area contributed by atoms with Crippen molar-refractivity contribution in [2.75, 3.05) is 6.26 Å². The second-order valence-corrected chi connectivity index (χ2v) is 7.48. The Hall–Kier alpha value is -1.81. The largest absolute Gasteiger partial charge is 0.508 e. The molecule has 20 heavy (non-hydrogen) atoms. The Morgan fingerprint density at radius 2 is 1.25 bits per heavy atom. The first-order valence-electron chi connectivity index (χ1n) is 6.31. The van der Waals surface area contributed by atoms with Gasteiger partial charge >= 0.3 is 0 Å². The molecule has 0 aliphatic rings. The lowest BCUT2D eigenvalue weighted by Gasteiger charge is -2.26. The molecule has 0 aromatic heterocycles. The number of phenolic OH excluding ortho intramolecular Hbond substituents is 1. The average Bonchev–Trinajstić information content (AvgIpc) is 2.38. The van der Waals surface area contributed by atoms with E-state index in [9.17, 15) is 13.5 Å². The fourth-order valence-corrected chi connectivity index (χ4v) is 2.79. The van der Waals surface area contributed by atoms with Gasteiger partial charge in [-0.2, -0.15) is 0 Å². The van der Waals surface area contributed by atoms with Gasteiger partial charge in [0, 0.05) is 11.7 Å². The van der Waals surface area contributed by atoms with Crippen molar-refractivity contribution in [3.63, 3.8) is 0 Å². The van der Waals surface area contributed by atoms with Gasteiger partial charge in [-0.15, -0.1) is 0 Å². The van der Waals surface area contributed by atoms with Gasteiger partial charge < -0.3 is 5.11 Å². The topological polar surface area (TPSA) is 54.4 Å². The maximum atomic E-state index is 11.5. The number of hydrogen-bond acceptors (Lipinski definition) is 3. The number of sulfone groups is 1. The first-order valence-corrected chi connectivity index (χ1v) is 8.20. The number of hydrogen-bond donors (Lipinski definition) is 1. The van der Waals surface area contributed by atoms with Crippen molar-refractivity contribution in [2.45, 2.75) is 24.2 Å². The van der Waals surface area contributed by atoms with Crippen molar-refractivity contribution >= 4 is 9.84 Å². The molecule has 0 amide bonds. The van der Waals surface area contributed by atoms with Crippen LogP contribution in [0.15, 0.2) is 53.4 Å². The molecule has 0 atom stereocenters. The van der Waals surface area contributed by atoms with Crippen LogP contribution in [0.2, 0.25) is 0 Å². The molecular formula is C16H18O3S. The van der Waals surface area contributed by atoms with Crippen LogP contribution in [0.5, 0.6) is 5.75 Å². The third-order valence-corrected chi connectivity index (χ3v) is 4.72. The molecule has 0 saturated heterocycles. The Morgan fingerprint density at radius 3 is 1.65 bits per heavy atom. The van der Waals surface area contributed by atoms with E-state index < -0.39 is 9.84 Å². The molecule has 0 bridgehead atoms. The van der Waals surface area contributed by atoms with Crippen LogP contribution < -0.4 is 0 Å². The van der Waals surface area contributed by atoms with E-state index in [0.717, 1.165) is 11.1 Å². The molecule has 2 aromatic carbocycles. The molecule has 0 saturated carbocycles. The molecule has 0 aliphatic heterocycles. The van der Waals surface area contributed by atoms with Gasteiger partial charge in [0.05, 0.1) is 4.90 Å². The van der Waals surface area contributed by atoms with E-state index in [0.29, 0.717) is 4.90 Å². The minimum Gasteiger partial charge on any atom is -0.508 e. The summed E-state index contributed by atoms with van der Waals surface area (Å²) < 4.78 is 22.9. The van der Waals surface area contributed by atoms with E-state index in [1.54, 1.807) is 24.3 Å². The molecule has 0 spiro atoms. The monoisotopic (exact) mass is 290 g/mol. The maximum Gasteiger partial charge on any atom is 0.175 e. The molecule has 0 fully saturated rings. The summed E-state index contributed by atoms with van der Waals surface area (Å²) in [5.41, 5.74) is 1.82. The lowest BCUT2D eigenvalue weighted by molar-refractivity contribution is 0.474. The fourth-order valence-electron chi connectivity index (χ4n) is 2.16. The van der Waals surface area contributed by atoms with E-state index in [1.165, 1.54) is 6.26 Å². The van der Waals surface area contributed by atoms with Gasteiger partial charge in [-0.1, -0.05) is 38.1 Å². The summed E-state index contributed by atoms with van der Waals surface area (Å²) in [6.45, 7) is 4.13. The first kappa shape index (κ1) is 14.6. The van der Waals surface area contributed by atoms with Crippen LogP contribution in [0, 0.1) is 0 Å². The van der Waals surface area contributed by atoms with Crippen molar-refractivity contribution in [3.05, 3.63) is 59.7 Å². The average molecular weight is 290 g/mol. The Balaban J connectivity index is 2.41. The summed E-state index contributed by atoms with van der Waals surface area (Å²) in [5.74, 6) is 0.233. The third-order valence-electron chi connectivity index (χ3n) is 3.59. The quantitative estimate of drug-likeness (QED) is 0.945. The summed E-state index contributed by atoms with van der Waals surface area (Å²) in [4.78, 5) is 0.322. The van der Waals surface area contributed by atoms with Crippen LogP contribution in [0.4, 0.5) is 0 Å². The molecule has 0 radical (unpaired) electrons. The normalized spacial score (nSPS) is 12.3. The van der Waals surface area contributed by atoms with Gasteiger partial charge in [0.25, 0.3) is 0 Å². The lowest BCUT2D eigenvalue weighted by Crippen LogP contribution is -2.18. The van der Waals surface area contributed by atoms with E-state index >= 15 is 0 Å². The fraction of sp³-hybridized carbons (Fsp3) is 0.250. The summed E-state index contributed by atoms with van der Waals surface area (Å²) in [6, 6.07) is 14.0. The summed E-state index contributed by atoms with van der Waals surface area (Å²) in [6.07, 6.45) is 1.20. The van der Waals surface area contributed by atoms with E-state index in [4.69, 9.17) is 0 Å². The molecule has 1 N–H and O–H groups in total. The van der Waals surface area contributed by atoms with Crippen LogP contribution in [0.25, 0.3) is 0 Å². The zero-order chi connectivity index (χ0) is 15.0.